The molecule has 0 aromatic heterocycles. The third-order valence-corrected chi connectivity index (χ3v) is 3.75. The number of hydrogen-bond donors (Lipinski definition) is 1. The molecule has 0 fully saturated rings. The molecule has 0 unspecified atom stereocenters. The van der Waals surface area contributed by atoms with Crippen LogP contribution in [-0.4, -0.2) is 18.4 Å². The quantitative estimate of drug-likeness (QED) is 0.504. The van der Waals surface area contributed by atoms with Crippen LogP contribution < -0.4 is 5.43 Å². The maximum absolute atomic E-state index is 11.7. The van der Waals surface area contributed by atoms with Crippen molar-refractivity contribution in [1.82, 2.24) is 5.43 Å². The minimum absolute atomic E-state index is 0.0733. The van der Waals surface area contributed by atoms with E-state index in [1.54, 1.807) is 18.0 Å². The van der Waals surface area contributed by atoms with Crippen LogP contribution in [0.4, 0.5) is 0 Å². The Bertz CT molecular complexity index is 594. The van der Waals surface area contributed by atoms with Crippen LogP contribution in [-0.2, 0) is 11.2 Å². The van der Waals surface area contributed by atoms with Crippen LogP contribution in [0.2, 0.25) is 0 Å². The highest BCUT2D eigenvalue weighted by atomic mass is 32.2. The molecule has 1 N–H and O–H groups in total. The van der Waals surface area contributed by atoms with Crippen molar-refractivity contribution < 1.29 is 4.79 Å². The second-order valence-corrected chi connectivity index (χ2v) is 5.43. The van der Waals surface area contributed by atoms with Crippen LogP contribution in [0.1, 0.15) is 17.5 Å². The van der Waals surface area contributed by atoms with Crippen molar-refractivity contribution >= 4 is 23.9 Å². The van der Waals surface area contributed by atoms with Gasteiger partial charge in [0.15, 0.2) is 0 Å². The molecule has 2 aromatic carbocycles. The van der Waals surface area contributed by atoms with Crippen molar-refractivity contribution in [3.8, 4) is 0 Å². The molecule has 0 bridgehead atoms. The van der Waals surface area contributed by atoms with Crippen molar-refractivity contribution in [3.63, 3.8) is 0 Å². The van der Waals surface area contributed by atoms with Gasteiger partial charge in [-0.05, 0) is 35.9 Å². The van der Waals surface area contributed by atoms with Crippen molar-refractivity contribution in [2.75, 3.05) is 6.26 Å². The van der Waals surface area contributed by atoms with Gasteiger partial charge in [-0.1, -0.05) is 42.5 Å². The molecular weight excluding hydrogens is 280 g/mol. The first-order chi connectivity index (χ1) is 10.3. The lowest BCUT2D eigenvalue weighted by Crippen LogP contribution is -2.17. The molecule has 0 heterocycles. The molecule has 2 aromatic rings. The second kappa shape index (κ2) is 8.27. The third kappa shape index (κ3) is 5.44. The Morgan fingerprint density at radius 1 is 1.14 bits per heavy atom. The summed E-state index contributed by atoms with van der Waals surface area (Å²) in [7, 11) is 0. The first-order valence-corrected chi connectivity index (χ1v) is 8.00. The average molecular weight is 298 g/mol. The van der Waals surface area contributed by atoms with Gasteiger partial charge in [0.2, 0.25) is 5.91 Å². The van der Waals surface area contributed by atoms with E-state index in [0.29, 0.717) is 6.42 Å². The van der Waals surface area contributed by atoms with E-state index in [4.69, 9.17) is 0 Å². The third-order valence-electron chi connectivity index (χ3n) is 3.00. The van der Waals surface area contributed by atoms with Gasteiger partial charge in [-0.3, -0.25) is 4.79 Å². The number of hydrogen-bond acceptors (Lipinski definition) is 3. The molecule has 2 rings (SSSR count). The van der Waals surface area contributed by atoms with Crippen LogP contribution in [0.5, 0.6) is 0 Å². The Kier molecular flexibility index (Phi) is 6.03. The molecule has 0 saturated heterocycles. The van der Waals surface area contributed by atoms with Gasteiger partial charge in [-0.15, -0.1) is 11.8 Å². The van der Waals surface area contributed by atoms with E-state index in [0.717, 1.165) is 17.5 Å². The van der Waals surface area contributed by atoms with E-state index >= 15 is 0 Å². The number of thioether (sulfide) groups is 1. The van der Waals surface area contributed by atoms with E-state index in [2.05, 4.69) is 10.5 Å². The van der Waals surface area contributed by atoms with Gasteiger partial charge in [0.05, 0.1) is 6.21 Å². The Morgan fingerprint density at radius 3 is 2.52 bits per heavy atom. The number of hydrazone groups is 1. The van der Waals surface area contributed by atoms with Crippen molar-refractivity contribution in [1.29, 1.82) is 0 Å². The summed E-state index contributed by atoms with van der Waals surface area (Å²) in [6, 6.07) is 18.0. The summed E-state index contributed by atoms with van der Waals surface area (Å²) in [5, 5.41) is 3.98. The zero-order chi connectivity index (χ0) is 14.9. The molecule has 0 aliphatic carbocycles. The Balaban J connectivity index is 1.76. The number of rotatable bonds is 6. The fraction of sp³-hybridized carbons (Fsp3) is 0.176. The van der Waals surface area contributed by atoms with Crippen LogP contribution in [0, 0.1) is 0 Å². The maximum Gasteiger partial charge on any atom is 0.240 e. The van der Waals surface area contributed by atoms with Crippen molar-refractivity contribution in [3.05, 3.63) is 65.7 Å². The van der Waals surface area contributed by atoms with E-state index in [1.807, 2.05) is 60.9 Å². The fourth-order valence-corrected chi connectivity index (χ4v) is 2.24. The first-order valence-electron chi connectivity index (χ1n) is 6.78. The summed E-state index contributed by atoms with van der Waals surface area (Å²) in [6.07, 6.45) is 4.86. The number of aryl methyl sites for hydroxylation is 1. The van der Waals surface area contributed by atoms with Gasteiger partial charge in [0.1, 0.15) is 0 Å². The molecule has 0 spiro atoms. The summed E-state index contributed by atoms with van der Waals surface area (Å²) in [5.41, 5.74) is 4.68. The zero-order valence-corrected chi connectivity index (χ0v) is 12.8. The molecular formula is C17H18N2OS. The summed E-state index contributed by atoms with van der Waals surface area (Å²) in [5.74, 6) is -0.0733. The maximum atomic E-state index is 11.7. The highest BCUT2D eigenvalue weighted by Crippen LogP contribution is 2.13. The number of nitrogens with zero attached hydrogens (tertiary/aromatic N) is 1. The van der Waals surface area contributed by atoms with E-state index in [1.165, 1.54) is 4.90 Å². The topological polar surface area (TPSA) is 41.5 Å². The molecule has 0 aliphatic rings. The van der Waals surface area contributed by atoms with Crippen LogP contribution in [0.3, 0.4) is 0 Å². The van der Waals surface area contributed by atoms with Gasteiger partial charge >= 0.3 is 0 Å². The fourth-order valence-electron chi connectivity index (χ4n) is 1.83. The number of nitrogens with one attached hydrogen (secondary N) is 1. The Labute approximate surface area is 129 Å². The average Bonchev–Trinajstić information content (AvgIpc) is 2.54. The highest BCUT2D eigenvalue weighted by Gasteiger charge is 2.00. The second-order valence-electron chi connectivity index (χ2n) is 4.55. The van der Waals surface area contributed by atoms with E-state index in [9.17, 15) is 4.79 Å². The molecule has 3 nitrogen and oxygen atoms in total. The van der Waals surface area contributed by atoms with Gasteiger partial charge in [0.25, 0.3) is 0 Å². The summed E-state index contributed by atoms with van der Waals surface area (Å²) < 4.78 is 0. The largest absolute Gasteiger partial charge is 0.273 e. The molecule has 0 saturated carbocycles. The summed E-state index contributed by atoms with van der Waals surface area (Å²) in [6.45, 7) is 0. The molecule has 4 heteroatoms. The van der Waals surface area contributed by atoms with Gasteiger partial charge in [-0.2, -0.15) is 5.10 Å². The standard InChI is InChI=1S/C17H18N2OS/c1-21-16-10-7-15(8-11-16)13-18-19-17(20)12-9-14-5-3-2-4-6-14/h2-8,10-11,13H,9,12H2,1H3,(H,19,20)/b18-13+. The van der Waals surface area contributed by atoms with Crippen LogP contribution in [0.15, 0.2) is 64.6 Å². The van der Waals surface area contributed by atoms with Crippen LogP contribution >= 0.6 is 11.8 Å². The normalized spacial score (nSPS) is 10.7. The lowest BCUT2D eigenvalue weighted by atomic mass is 10.1. The number of carbonyl (C=O) groups is 1. The summed E-state index contributed by atoms with van der Waals surface area (Å²) >= 11 is 1.70. The smallest absolute Gasteiger partial charge is 0.240 e. The van der Waals surface area contributed by atoms with Crippen molar-refractivity contribution in [2.45, 2.75) is 17.7 Å². The SMILES string of the molecule is CSc1ccc(/C=N/NC(=O)CCc2ccccc2)cc1. The molecule has 0 radical (unpaired) electrons. The number of amides is 1. The molecule has 21 heavy (non-hydrogen) atoms. The van der Waals surface area contributed by atoms with Crippen molar-refractivity contribution in [2.24, 2.45) is 5.10 Å². The molecule has 108 valence electrons. The minimum Gasteiger partial charge on any atom is -0.273 e. The number of benzene rings is 2. The Hall–Kier alpha value is -2.07. The predicted octanol–water partition coefficient (Wildman–Crippen LogP) is 3.49. The van der Waals surface area contributed by atoms with E-state index < -0.39 is 0 Å². The monoisotopic (exact) mass is 298 g/mol. The van der Waals surface area contributed by atoms with Gasteiger partial charge in [-0.25, -0.2) is 5.43 Å². The highest BCUT2D eigenvalue weighted by molar-refractivity contribution is 7.98. The van der Waals surface area contributed by atoms with Gasteiger partial charge in [0, 0.05) is 11.3 Å². The zero-order valence-electron chi connectivity index (χ0n) is 12.0. The lowest BCUT2D eigenvalue weighted by molar-refractivity contribution is -0.121. The Morgan fingerprint density at radius 2 is 1.86 bits per heavy atom. The van der Waals surface area contributed by atoms with E-state index in [-0.39, 0.29) is 5.91 Å². The first kappa shape index (κ1) is 15.3. The lowest BCUT2D eigenvalue weighted by Gasteiger charge is -2.01. The van der Waals surface area contributed by atoms with Gasteiger partial charge < -0.3 is 0 Å². The number of carbonyl (C=O) groups excluding carboxylic acids is 1. The minimum atomic E-state index is -0.0733. The van der Waals surface area contributed by atoms with Crippen LogP contribution in [0.25, 0.3) is 0 Å². The molecule has 1 amide bonds. The molecule has 0 atom stereocenters. The predicted molar refractivity (Wildman–Crippen MR) is 88.7 cm³/mol. The molecule has 0 aliphatic heterocycles. The summed E-state index contributed by atoms with van der Waals surface area (Å²) in [4.78, 5) is 12.9.